The lowest BCUT2D eigenvalue weighted by Gasteiger charge is -2.12. The maximum atomic E-state index is 5.40. The highest BCUT2D eigenvalue weighted by Gasteiger charge is 2.22. The highest BCUT2D eigenvalue weighted by atomic mass is 16.5. The van der Waals surface area contributed by atoms with Gasteiger partial charge in [-0.2, -0.15) is 4.98 Å². The van der Waals surface area contributed by atoms with Gasteiger partial charge in [0.05, 0.1) is 13.2 Å². The Bertz CT molecular complexity index is 865. The Balaban J connectivity index is 1.68. The van der Waals surface area contributed by atoms with Crippen LogP contribution in [0.4, 0.5) is 0 Å². The minimum absolute atomic E-state index is 0.00448. The normalized spacial score (nSPS) is 13.2. The number of fused-ring (bicyclic) bond motifs is 1. The van der Waals surface area contributed by atoms with Gasteiger partial charge in [-0.25, -0.2) is 0 Å². The molecule has 0 radical (unpaired) electrons. The summed E-state index contributed by atoms with van der Waals surface area (Å²) in [6, 6.07) is 12.5. The molecule has 0 amide bonds. The van der Waals surface area contributed by atoms with Gasteiger partial charge < -0.3 is 14.6 Å². The summed E-state index contributed by atoms with van der Waals surface area (Å²) in [5.74, 6) is 2.23. The minimum atomic E-state index is -0.110. The van der Waals surface area contributed by atoms with Crippen molar-refractivity contribution in [1.29, 1.82) is 0 Å². The van der Waals surface area contributed by atoms with Crippen LogP contribution in [0, 0.1) is 0 Å². The molecule has 0 aliphatic heterocycles. The largest absolute Gasteiger partial charge is 0.497 e. The lowest BCUT2D eigenvalue weighted by atomic mass is 9.96. The molecule has 1 heterocycles. The first-order valence-corrected chi connectivity index (χ1v) is 8.51. The van der Waals surface area contributed by atoms with Crippen LogP contribution >= 0.6 is 0 Å². The molecule has 1 N–H and O–H groups in total. The number of methoxy groups -OCH3 is 1. The average molecular weight is 339 g/mol. The van der Waals surface area contributed by atoms with Crippen LogP contribution in [-0.4, -0.2) is 17.3 Å². The van der Waals surface area contributed by atoms with E-state index in [1.54, 1.807) is 7.11 Å². The summed E-state index contributed by atoms with van der Waals surface area (Å²) in [7, 11) is 1.68. The van der Waals surface area contributed by atoms with Crippen LogP contribution in [0.25, 0.3) is 10.8 Å². The third-order valence-electron chi connectivity index (χ3n) is 4.21. The summed E-state index contributed by atoms with van der Waals surface area (Å²) in [5.41, 5.74) is 1.10. The molecular formula is C20H25N3O2. The summed E-state index contributed by atoms with van der Waals surface area (Å²) in [5, 5.41) is 9.89. The molecule has 2 aromatic carbocycles. The first kappa shape index (κ1) is 17.4. The van der Waals surface area contributed by atoms with E-state index in [2.05, 4.69) is 60.5 Å². The Morgan fingerprint density at radius 1 is 1.12 bits per heavy atom. The van der Waals surface area contributed by atoms with Crippen molar-refractivity contribution in [1.82, 2.24) is 15.5 Å². The lowest BCUT2D eigenvalue weighted by Crippen LogP contribution is -2.19. The van der Waals surface area contributed by atoms with Gasteiger partial charge in [0.15, 0.2) is 5.82 Å². The molecule has 1 atom stereocenters. The average Bonchev–Trinajstić information content (AvgIpc) is 3.09. The van der Waals surface area contributed by atoms with Gasteiger partial charge in [0.25, 0.3) is 0 Å². The second-order valence-electron chi connectivity index (χ2n) is 7.36. The molecule has 132 valence electrons. The zero-order valence-electron chi connectivity index (χ0n) is 15.5. The fraction of sp³-hybridized carbons (Fsp3) is 0.400. The van der Waals surface area contributed by atoms with E-state index in [1.807, 2.05) is 19.1 Å². The number of nitrogens with one attached hydrogen (secondary N) is 1. The van der Waals surface area contributed by atoms with Crippen LogP contribution in [0.2, 0.25) is 0 Å². The van der Waals surface area contributed by atoms with E-state index in [1.165, 1.54) is 16.3 Å². The van der Waals surface area contributed by atoms with E-state index in [9.17, 15) is 0 Å². The van der Waals surface area contributed by atoms with Gasteiger partial charge in [-0.05, 0) is 41.5 Å². The van der Waals surface area contributed by atoms with Crippen LogP contribution in [0.3, 0.4) is 0 Å². The third kappa shape index (κ3) is 3.99. The van der Waals surface area contributed by atoms with E-state index in [4.69, 9.17) is 9.26 Å². The molecule has 0 fully saturated rings. The molecule has 0 spiro atoms. The molecule has 0 aliphatic carbocycles. The Hall–Kier alpha value is -2.40. The van der Waals surface area contributed by atoms with Crippen molar-refractivity contribution in [2.24, 2.45) is 0 Å². The molecule has 0 saturated heterocycles. The molecule has 25 heavy (non-hydrogen) atoms. The van der Waals surface area contributed by atoms with Crippen LogP contribution < -0.4 is 10.1 Å². The van der Waals surface area contributed by atoms with Crippen molar-refractivity contribution in [3.8, 4) is 5.75 Å². The maximum absolute atomic E-state index is 5.40. The zero-order chi connectivity index (χ0) is 18.0. The summed E-state index contributed by atoms with van der Waals surface area (Å²) in [6.45, 7) is 8.99. The van der Waals surface area contributed by atoms with Gasteiger partial charge in [-0.3, -0.25) is 0 Å². The predicted octanol–water partition coefficient (Wildman–Crippen LogP) is 4.38. The molecule has 1 unspecified atom stereocenters. The number of aromatic nitrogens is 2. The summed E-state index contributed by atoms with van der Waals surface area (Å²) >= 11 is 0. The van der Waals surface area contributed by atoms with Crippen molar-refractivity contribution < 1.29 is 9.26 Å². The highest BCUT2D eigenvalue weighted by Crippen LogP contribution is 2.23. The first-order valence-electron chi connectivity index (χ1n) is 8.51. The van der Waals surface area contributed by atoms with E-state index >= 15 is 0 Å². The molecule has 3 rings (SSSR count). The smallest absolute Gasteiger partial charge is 0.243 e. The zero-order valence-corrected chi connectivity index (χ0v) is 15.5. The van der Waals surface area contributed by atoms with Crippen molar-refractivity contribution in [2.45, 2.75) is 45.7 Å². The van der Waals surface area contributed by atoms with E-state index in [0.717, 1.165) is 18.1 Å². The second kappa shape index (κ2) is 6.84. The number of nitrogens with zero attached hydrogens (tertiary/aromatic N) is 2. The van der Waals surface area contributed by atoms with Gasteiger partial charge in [-0.1, -0.05) is 44.1 Å². The predicted molar refractivity (Wildman–Crippen MR) is 98.8 cm³/mol. The fourth-order valence-electron chi connectivity index (χ4n) is 2.58. The van der Waals surface area contributed by atoms with E-state index in [-0.39, 0.29) is 11.5 Å². The number of benzene rings is 2. The monoisotopic (exact) mass is 339 g/mol. The van der Waals surface area contributed by atoms with Crippen LogP contribution in [0.15, 0.2) is 40.9 Å². The fourth-order valence-corrected chi connectivity index (χ4v) is 2.58. The van der Waals surface area contributed by atoms with Gasteiger partial charge in [0, 0.05) is 12.0 Å². The molecule has 5 nitrogen and oxygen atoms in total. The number of hydrogen-bond donors (Lipinski definition) is 1. The van der Waals surface area contributed by atoms with Crippen LogP contribution in [-0.2, 0) is 12.0 Å². The van der Waals surface area contributed by atoms with Gasteiger partial charge in [0.2, 0.25) is 5.89 Å². The summed E-state index contributed by atoms with van der Waals surface area (Å²) < 4.78 is 10.7. The Morgan fingerprint density at radius 3 is 2.52 bits per heavy atom. The Morgan fingerprint density at radius 2 is 1.84 bits per heavy atom. The van der Waals surface area contributed by atoms with Crippen LogP contribution in [0.5, 0.6) is 5.75 Å². The van der Waals surface area contributed by atoms with E-state index in [0.29, 0.717) is 5.89 Å². The number of hydrogen-bond acceptors (Lipinski definition) is 5. The molecule has 1 aromatic heterocycles. The minimum Gasteiger partial charge on any atom is -0.497 e. The highest BCUT2D eigenvalue weighted by molar-refractivity contribution is 5.84. The molecule has 0 aliphatic rings. The standard InChI is InChI=1S/C20H25N3O2/c1-13(18-22-19(23-25-18)20(2,3)4)21-12-14-6-7-16-11-17(24-5)9-8-15(16)10-14/h6-11,13,21H,12H2,1-5H3. The molecular weight excluding hydrogens is 314 g/mol. The van der Waals surface area contributed by atoms with Crippen molar-refractivity contribution in [3.63, 3.8) is 0 Å². The van der Waals surface area contributed by atoms with E-state index < -0.39 is 0 Å². The molecule has 3 aromatic rings. The summed E-state index contributed by atoms with van der Waals surface area (Å²) in [6.07, 6.45) is 0. The number of ether oxygens (including phenoxy) is 1. The van der Waals surface area contributed by atoms with Gasteiger partial charge in [0.1, 0.15) is 5.75 Å². The van der Waals surface area contributed by atoms with Gasteiger partial charge >= 0.3 is 0 Å². The molecule has 5 heteroatoms. The lowest BCUT2D eigenvalue weighted by molar-refractivity contribution is 0.330. The van der Waals surface area contributed by atoms with Gasteiger partial charge in [-0.15, -0.1) is 0 Å². The first-order chi connectivity index (χ1) is 11.9. The maximum Gasteiger partial charge on any atom is 0.243 e. The quantitative estimate of drug-likeness (QED) is 0.747. The Labute approximate surface area is 148 Å². The van der Waals surface area contributed by atoms with Crippen molar-refractivity contribution in [2.75, 3.05) is 7.11 Å². The SMILES string of the molecule is COc1ccc2cc(CNC(C)c3nc(C(C)(C)C)no3)ccc2c1. The van der Waals surface area contributed by atoms with Crippen molar-refractivity contribution in [3.05, 3.63) is 53.7 Å². The number of rotatable bonds is 5. The van der Waals surface area contributed by atoms with Crippen molar-refractivity contribution >= 4 is 10.8 Å². The second-order valence-corrected chi connectivity index (χ2v) is 7.36. The summed E-state index contributed by atoms with van der Waals surface area (Å²) in [4.78, 5) is 4.51. The molecule has 0 bridgehead atoms. The Kier molecular flexibility index (Phi) is 4.77. The third-order valence-corrected chi connectivity index (χ3v) is 4.21. The molecule has 0 saturated carbocycles. The van der Waals surface area contributed by atoms with Crippen LogP contribution in [0.1, 0.15) is 51.0 Å². The topological polar surface area (TPSA) is 60.2 Å².